The van der Waals surface area contributed by atoms with Crippen molar-refractivity contribution in [3.8, 4) is 23.0 Å². The molecule has 0 saturated heterocycles. The van der Waals surface area contributed by atoms with Crippen molar-refractivity contribution in [3.63, 3.8) is 0 Å². The molecule has 1 atom stereocenters. The number of aromatic nitrogens is 1. The first-order chi connectivity index (χ1) is 23.3. The van der Waals surface area contributed by atoms with Gasteiger partial charge in [-0.2, -0.15) is 0 Å². The van der Waals surface area contributed by atoms with E-state index in [1.165, 1.54) is 12.1 Å². The zero-order chi connectivity index (χ0) is 35.7. The van der Waals surface area contributed by atoms with Crippen LogP contribution in [0.5, 0.6) is 0 Å². The van der Waals surface area contributed by atoms with Gasteiger partial charge in [-0.25, -0.2) is 0 Å². The summed E-state index contributed by atoms with van der Waals surface area (Å²) in [7, 11) is 0. The number of benzene rings is 2. The van der Waals surface area contributed by atoms with Gasteiger partial charge >= 0.3 is 29.8 Å². The van der Waals surface area contributed by atoms with Gasteiger partial charge in [-0.05, 0) is 46.5 Å². The van der Waals surface area contributed by atoms with Crippen LogP contribution in [0, 0.1) is 11.8 Å². The maximum absolute atomic E-state index is 12.1. The lowest BCUT2D eigenvalue weighted by Gasteiger charge is -2.29. The third kappa shape index (κ3) is 9.25. The van der Waals surface area contributed by atoms with E-state index < -0.39 is 61.4 Å². The Morgan fingerprint density at radius 1 is 0.673 bits per heavy atom. The Kier molecular flexibility index (Phi) is 11.4. The zero-order valence-electron chi connectivity index (χ0n) is 25.9. The highest BCUT2D eigenvalue weighted by atomic mass is 16.5. The van der Waals surface area contributed by atoms with Crippen LogP contribution in [-0.4, -0.2) is 109 Å². The summed E-state index contributed by atoms with van der Waals surface area (Å²) in [6.45, 7) is -2.91. The first-order valence-electron chi connectivity index (χ1n) is 14.6. The average Bonchev–Trinajstić information content (AvgIpc) is 3.26. The fourth-order valence-corrected chi connectivity index (χ4v) is 5.95. The van der Waals surface area contributed by atoms with Gasteiger partial charge in [0.25, 0.3) is 6.47 Å². The predicted molar refractivity (Wildman–Crippen MR) is 168 cm³/mol. The van der Waals surface area contributed by atoms with E-state index in [4.69, 9.17) is 4.74 Å². The number of pyridine rings is 1. The van der Waals surface area contributed by atoms with Crippen molar-refractivity contribution in [1.29, 1.82) is 0 Å². The number of hydrogen-bond donors (Lipinski definition) is 5. The summed E-state index contributed by atoms with van der Waals surface area (Å²) in [6, 6.07) is 15.4. The molecule has 4 rings (SSSR count). The van der Waals surface area contributed by atoms with Crippen LogP contribution in [0.4, 0.5) is 0 Å². The van der Waals surface area contributed by atoms with Gasteiger partial charge in [0.2, 0.25) is 0 Å². The highest BCUT2D eigenvalue weighted by Crippen LogP contribution is 2.51. The maximum Gasteiger partial charge on any atom is 0.317 e. The maximum atomic E-state index is 12.1. The molecular weight excluding hydrogens is 642 g/mol. The van der Waals surface area contributed by atoms with E-state index >= 15 is 0 Å². The Hall–Kier alpha value is -6.11. The fourth-order valence-electron chi connectivity index (χ4n) is 5.95. The number of ether oxygens (including phenoxy) is 1. The summed E-state index contributed by atoms with van der Waals surface area (Å²) in [5.74, 6) is -0.213. The van der Waals surface area contributed by atoms with E-state index in [1.54, 1.807) is 30.3 Å². The molecule has 1 aliphatic rings. The number of nitrogens with zero attached hydrogens (tertiary/aromatic N) is 3. The van der Waals surface area contributed by atoms with Crippen molar-refractivity contribution >= 4 is 36.3 Å². The van der Waals surface area contributed by atoms with Gasteiger partial charge < -0.3 is 30.3 Å². The Balaban J connectivity index is 1.79. The third-order valence-electron chi connectivity index (χ3n) is 7.61. The molecule has 0 fully saturated rings. The van der Waals surface area contributed by atoms with Crippen molar-refractivity contribution in [1.82, 2.24) is 14.8 Å². The summed E-state index contributed by atoms with van der Waals surface area (Å²) in [4.78, 5) is 75.5. The highest BCUT2D eigenvalue weighted by Gasteiger charge is 2.45. The van der Waals surface area contributed by atoms with Crippen LogP contribution in [0.25, 0.3) is 11.1 Å². The van der Waals surface area contributed by atoms with Crippen LogP contribution in [0.3, 0.4) is 0 Å². The summed E-state index contributed by atoms with van der Waals surface area (Å²) in [5.41, 5.74) is 2.80. The minimum absolute atomic E-state index is 0.200. The second kappa shape index (κ2) is 15.7. The van der Waals surface area contributed by atoms with Crippen LogP contribution >= 0.6 is 0 Å². The smallest absolute Gasteiger partial charge is 0.317 e. The van der Waals surface area contributed by atoms with Crippen LogP contribution in [0.15, 0.2) is 54.6 Å². The molecule has 3 aromatic rings. The molecule has 254 valence electrons. The van der Waals surface area contributed by atoms with Crippen LogP contribution < -0.4 is 0 Å². The first kappa shape index (κ1) is 35.7. The van der Waals surface area contributed by atoms with Gasteiger partial charge in [-0.15, -0.1) is 0 Å². The minimum Gasteiger partial charge on any atom is -0.481 e. The van der Waals surface area contributed by atoms with Crippen molar-refractivity contribution in [2.75, 3.05) is 32.8 Å². The van der Waals surface area contributed by atoms with Gasteiger partial charge in [0.05, 0.1) is 49.4 Å². The summed E-state index contributed by atoms with van der Waals surface area (Å²) in [6.07, 6.45) is -0.370. The molecule has 0 amide bonds. The van der Waals surface area contributed by atoms with Gasteiger partial charge in [0.1, 0.15) is 6.61 Å². The van der Waals surface area contributed by atoms with Gasteiger partial charge in [-0.3, -0.25) is 43.6 Å². The molecule has 1 aliphatic carbocycles. The van der Waals surface area contributed by atoms with E-state index in [0.717, 1.165) is 20.9 Å². The predicted octanol–water partition coefficient (Wildman–Crippen LogP) is 1.34. The second-order valence-corrected chi connectivity index (χ2v) is 11.3. The van der Waals surface area contributed by atoms with Gasteiger partial charge in [0.15, 0.2) is 0 Å². The quantitative estimate of drug-likeness (QED) is 0.100. The van der Waals surface area contributed by atoms with Crippen molar-refractivity contribution in [2.45, 2.75) is 24.9 Å². The zero-order valence-corrected chi connectivity index (χ0v) is 25.9. The Morgan fingerprint density at radius 2 is 1.18 bits per heavy atom. The van der Waals surface area contributed by atoms with E-state index in [2.05, 4.69) is 16.8 Å². The first-order valence-corrected chi connectivity index (χ1v) is 14.6. The molecule has 15 heteroatoms. The lowest BCUT2D eigenvalue weighted by atomic mass is 9.75. The van der Waals surface area contributed by atoms with Gasteiger partial charge in [-0.1, -0.05) is 42.2 Å². The largest absolute Gasteiger partial charge is 0.481 e. The van der Waals surface area contributed by atoms with E-state index in [1.807, 2.05) is 12.1 Å². The van der Waals surface area contributed by atoms with Crippen molar-refractivity contribution < 1.29 is 59.0 Å². The number of carbonyl (C=O) groups excluding carboxylic acids is 1. The molecule has 0 aliphatic heterocycles. The molecule has 5 N–H and O–H groups in total. The molecule has 49 heavy (non-hydrogen) atoms. The minimum atomic E-state index is -1.28. The van der Waals surface area contributed by atoms with E-state index in [0.29, 0.717) is 22.3 Å². The summed E-state index contributed by atoms with van der Waals surface area (Å²) >= 11 is 0. The third-order valence-corrected chi connectivity index (χ3v) is 7.61. The molecule has 0 bridgehead atoms. The van der Waals surface area contributed by atoms with Crippen molar-refractivity contribution in [3.05, 3.63) is 88.2 Å². The second-order valence-electron chi connectivity index (χ2n) is 11.3. The number of rotatable bonds is 17. The van der Waals surface area contributed by atoms with Crippen LogP contribution in [-0.2, 0) is 52.0 Å². The molecule has 1 heterocycles. The van der Waals surface area contributed by atoms with Crippen LogP contribution in [0.1, 0.15) is 40.1 Å². The molecule has 0 saturated carbocycles. The molecule has 15 nitrogen and oxygen atoms in total. The van der Waals surface area contributed by atoms with Crippen LogP contribution in [0.2, 0.25) is 0 Å². The summed E-state index contributed by atoms with van der Waals surface area (Å²) in [5, 5.41) is 47.0. The number of carbonyl (C=O) groups is 6. The number of hydrogen-bond acceptors (Lipinski definition) is 10. The normalized spacial score (nSPS) is 14.3. The van der Waals surface area contributed by atoms with E-state index in [-0.39, 0.29) is 44.0 Å². The molecule has 0 radical (unpaired) electrons. The number of carboxylic acids is 5. The Morgan fingerprint density at radius 3 is 1.69 bits per heavy atom. The highest BCUT2D eigenvalue weighted by molar-refractivity contribution is 5.85. The number of carboxylic acid groups (broad SMARTS) is 5. The molecule has 1 aromatic heterocycles. The van der Waals surface area contributed by atoms with Crippen molar-refractivity contribution in [2.24, 2.45) is 0 Å². The number of aliphatic carboxylic acids is 5. The fraction of sp³-hybridized carbons (Fsp3) is 0.265. The molecule has 0 spiro atoms. The lowest BCUT2D eigenvalue weighted by Crippen LogP contribution is -2.35. The molecule has 1 unspecified atom stereocenters. The SMILES string of the molecule is O=COCC1(CC(=O)O)c2ccccc2-c2ccc(C#Cc3cc(CN(CC(=O)O)CC(=O)O)nc(CN(CC(=O)O)CC(=O)O)c3)cc21. The summed E-state index contributed by atoms with van der Waals surface area (Å²) < 4.78 is 5.15. The Bertz CT molecular complexity index is 1780. The Labute approximate surface area is 279 Å². The lowest BCUT2D eigenvalue weighted by molar-refractivity contribution is -0.144. The van der Waals surface area contributed by atoms with E-state index in [9.17, 15) is 54.3 Å². The monoisotopic (exact) mass is 673 g/mol. The number of fused-ring (bicyclic) bond motifs is 3. The topological polar surface area (TPSA) is 232 Å². The molecule has 2 aromatic carbocycles. The standard InChI is InChI=1S/C34H31N3O12/c38-20-49-19-34(12-29(39)40)27-4-2-1-3-25(27)26-8-7-21(11-28(26)34)5-6-22-9-23(13-36(15-30(41)42)16-31(43)44)35-24(10-22)14-37(17-32(45)46)18-33(47)48/h1-4,7-11,20H,12-19H2,(H,39,40)(H,41,42)(H,43,44)(H,45,46)(H,47,48). The molecular formula is C34H31N3O12. The van der Waals surface area contributed by atoms with Gasteiger partial charge in [0, 0.05) is 24.2 Å². The average molecular weight is 674 g/mol.